The number of carbonyl (C=O) groups is 2. The fraction of sp³-hybridized carbons (Fsp3) is 0.500. The van der Waals surface area contributed by atoms with Gasteiger partial charge in [0.15, 0.2) is 0 Å². The Hall–Kier alpha value is -1.32. The van der Waals surface area contributed by atoms with E-state index in [0.29, 0.717) is 0 Å². The van der Waals surface area contributed by atoms with Crippen molar-refractivity contribution in [3.8, 4) is 0 Å². The molecule has 1 N–H and O–H groups in total. The average Bonchev–Trinajstić information content (AvgIpc) is 2.51. The summed E-state index contributed by atoms with van der Waals surface area (Å²) in [6, 6.07) is 0. The molecule has 0 spiro atoms. The molecule has 0 atom stereocenters. The lowest BCUT2D eigenvalue weighted by molar-refractivity contribution is -0.132. The summed E-state index contributed by atoms with van der Waals surface area (Å²) < 4.78 is 0. The normalized spacial score (nSPS) is 17.2. The molecule has 4 nitrogen and oxygen atoms in total. The van der Waals surface area contributed by atoms with Gasteiger partial charge >= 0.3 is 5.97 Å². The summed E-state index contributed by atoms with van der Waals surface area (Å²) in [4.78, 5) is 22.8. The van der Waals surface area contributed by atoms with Crippen LogP contribution in [0.3, 0.4) is 0 Å². The first kappa shape index (κ1) is 8.77. The Kier molecular flexibility index (Phi) is 2.85. The molecule has 0 aromatic heterocycles. The van der Waals surface area contributed by atoms with Crippen molar-refractivity contribution in [3.63, 3.8) is 0 Å². The summed E-state index contributed by atoms with van der Waals surface area (Å²) in [5, 5.41) is 8.25. The monoisotopic (exact) mass is 169 g/mol. The van der Waals surface area contributed by atoms with Crippen molar-refractivity contribution in [2.24, 2.45) is 0 Å². The molecule has 0 aliphatic carbocycles. The van der Waals surface area contributed by atoms with Crippen molar-refractivity contribution >= 4 is 11.9 Å². The first-order valence-corrected chi connectivity index (χ1v) is 3.90. The first-order valence-electron chi connectivity index (χ1n) is 3.90. The molecule has 1 aliphatic rings. The van der Waals surface area contributed by atoms with Gasteiger partial charge < -0.3 is 10.0 Å². The van der Waals surface area contributed by atoms with Gasteiger partial charge in [-0.05, 0) is 12.8 Å². The summed E-state index contributed by atoms with van der Waals surface area (Å²) in [7, 11) is 0. The van der Waals surface area contributed by atoms with E-state index in [2.05, 4.69) is 0 Å². The summed E-state index contributed by atoms with van der Waals surface area (Å²) in [5.74, 6) is -1.28. The third kappa shape index (κ3) is 2.38. The number of amides is 1. The van der Waals surface area contributed by atoms with Gasteiger partial charge in [-0.2, -0.15) is 0 Å². The van der Waals surface area contributed by atoms with E-state index < -0.39 is 5.97 Å². The van der Waals surface area contributed by atoms with E-state index in [1.807, 2.05) is 0 Å². The van der Waals surface area contributed by atoms with E-state index in [-0.39, 0.29) is 5.91 Å². The Bertz CT molecular complexity index is 216. The van der Waals surface area contributed by atoms with Gasteiger partial charge in [0.05, 0.1) is 0 Å². The second-order valence-electron chi connectivity index (χ2n) is 2.70. The predicted molar refractivity (Wildman–Crippen MR) is 42.6 cm³/mol. The Morgan fingerprint density at radius 1 is 1.17 bits per heavy atom. The molecule has 12 heavy (non-hydrogen) atoms. The van der Waals surface area contributed by atoms with Crippen LogP contribution in [0.1, 0.15) is 12.8 Å². The number of carboxylic acids is 1. The van der Waals surface area contributed by atoms with Crippen LogP contribution in [0.25, 0.3) is 0 Å². The van der Waals surface area contributed by atoms with Gasteiger partial charge in [-0.1, -0.05) is 0 Å². The molecule has 0 bridgehead atoms. The molecule has 1 fully saturated rings. The van der Waals surface area contributed by atoms with Crippen molar-refractivity contribution < 1.29 is 14.7 Å². The van der Waals surface area contributed by atoms with E-state index in [1.165, 1.54) is 0 Å². The van der Waals surface area contributed by atoms with Gasteiger partial charge in [0, 0.05) is 25.2 Å². The van der Waals surface area contributed by atoms with E-state index in [0.717, 1.165) is 38.1 Å². The highest BCUT2D eigenvalue weighted by atomic mass is 16.4. The Morgan fingerprint density at radius 3 is 2.25 bits per heavy atom. The highest BCUT2D eigenvalue weighted by Gasteiger charge is 2.15. The van der Waals surface area contributed by atoms with E-state index in [9.17, 15) is 9.59 Å². The van der Waals surface area contributed by atoms with Gasteiger partial charge in [0.2, 0.25) is 5.91 Å². The molecule has 0 unspecified atom stereocenters. The maximum Gasteiger partial charge on any atom is 0.328 e. The van der Waals surface area contributed by atoms with E-state index in [4.69, 9.17) is 5.11 Å². The third-order valence-electron chi connectivity index (χ3n) is 1.79. The van der Waals surface area contributed by atoms with Crippen molar-refractivity contribution in [2.75, 3.05) is 13.1 Å². The average molecular weight is 169 g/mol. The van der Waals surface area contributed by atoms with Crippen LogP contribution in [0.15, 0.2) is 12.2 Å². The smallest absolute Gasteiger partial charge is 0.328 e. The fourth-order valence-electron chi connectivity index (χ4n) is 1.19. The van der Waals surface area contributed by atoms with Gasteiger partial charge in [0.1, 0.15) is 0 Å². The summed E-state index contributed by atoms with van der Waals surface area (Å²) in [6.07, 6.45) is 4.02. The van der Waals surface area contributed by atoms with Crippen LogP contribution in [0.5, 0.6) is 0 Å². The molecule has 1 rings (SSSR count). The largest absolute Gasteiger partial charge is 0.478 e. The number of nitrogens with zero attached hydrogens (tertiary/aromatic N) is 1. The lowest BCUT2D eigenvalue weighted by atomic mass is 10.4. The molecule has 0 radical (unpaired) electrons. The van der Waals surface area contributed by atoms with Crippen LogP contribution in [-0.4, -0.2) is 35.0 Å². The number of hydrogen-bond donors (Lipinski definition) is 1. The Balaban J connectivity index is 2.42. The molecule has 1 amide bonds. The van der Waals surface area contributed by atoms with Crippen molar-refractivity contribution in [1.82, 2.24) is 4.90 Å². The molecule has 1 heterocycles. The zero-order chi connectivity index (χ0) is 8.97. The Morgan fingerprint density at radius 2 is 1.75 bits per heavy atom. The van der Waals surface area contributed by atoms with Gasteiger partial charge in [0.25, 0.3) is 0 Å². The number of hydrogen-bond acceptors (Lipinski definition) is 2. The van der Waals surface area contributed by atoms with Crippen LogP contribution in [-0.2, 0) is 9.59 Å². The number of carboxylic acid groups (broad SMARTS) is 1. The maximum atomic E-state index is 11.1. The van der Waals surface area contributed by atoms with E-state index in [1.54, 1.807) is 4.90 Å². The molecular weight excluding hydrogens is 158 g/mol. The molecule has 66 valence electrons. The van der Waals surface area contributed by atoms with Crippen molar-refractivity contribution in [3.05, 3.63) is 12.2 Å². The standard InChI is InChI=1S/C8H11NO3/c10-7(3-4-8(11)12)9-5-1-2-6-9/h3-4H,1-2,5-6H2,(H,11,12)/b4-3-. The number of aliphatic carboxylic acids is 1. The molecule has 0 aromatic carbocycles. The number of rotatable bonds is 2. The summed E-state index contributed by atoms with van der Waals surface area (Å²) in [5.41, 5.74) is 0. The fourth-order valence-corrected chi connectivity index (χ4v) is 1.19. The second kappa shape index (κ2) is 3.90. The lowest BCUT2D eigenvalue weighted by Gasteiger charge is -2.11. The molecule has 1 aliphatic heterocycles. The second-order valence-corrected chi connectivity index (χ2v) is 2.70. The molecule has 0 saturated carbocycles. The Labute approximate surface area is 70.5 Å². The zero-order valence-electron chi connectivity index (χ0n) is 6.69. The number of likely N-dealkylation sites (tertiary alicyclic amines) is 1. The van der Waals surface area contributed by atoms with Crippen LogP contribution >= 0.6 is 0 Å². The molecular formula is C8H11NO3. The van der Waals surface area contributed by atoms with Crippen LogP contribution in [0.2, 0.25) is 0 Å². The first-order chi connectivity index (χ1) is 5.70. The van der Waals surface area contributed by atoms with Crippen LogP contribution in [0.4, 0.5) is 0 Å². The molecule has 1 saturated heterocycles. The van der Waals surface area contributed by atoms with Gasteiger partial charge in [-0.3, -0.25) is 4.79 Å². The molecule has 0 aromatic rings. The van der Waals surface area contributed by atoms with E-state index >= 15 is 0 Å². The number of carbonyl (C=O) groups excluding carboxylic acids is 1. The predicted octanol–water partition coefficient (Wildman–Crippen LogP) is 0.250. The quantitative estimate of drug-likeness (QED) is 0.603. The van der Waals surface area contributed by atoms with Crippen molar-refractivity contribution in [2.45, 2.75) is 12.8 Å². The third-order valence-corrected chi connectivity index (χ3v) is 1.79. The molecule has 4 heteroatoms. The van der Waals surface area contributed by atoms with Crippen LogP contribution in [0, 0.1) is 0 Å². The minimum absolute atomic E-state index is 0.199. The highest BCUT2D eigenvalue weighted by molar-refractivity contribution is 5.93. The zero-order valence-corrected chi connectivity index (χ0v) is 6.69. The van der Waals surface area contributed by atoms with Gasteiger partial charge in [-0.25, -0.2) is 4.79 Å². The summed E-state index contributed by atoms with van der Waals surface area (Å²) >= 11 is 0. The van der Waals surface area contributed by atoms with Crippen LogP contribution < -0.4 is 0 Å². The minimum atomic E-state index is -1.08. The highest BCUT2D eigenvalue weighted by Crippen LogP contribution is 2.07. The van der Waals surface area contributed by atoms with Gasteiger partial charge in [-0.15, -0.1) is 0 Å². The van der Waals surface area contributed by atoms with Crippen molar-refractivity contribution in [1.29, 1.82) is 0 Å². The minimum Gasteiger partial charge on any atom is -0.478 e. The topological polar surface area (TPSA) is 57.6 Å². The lowest BCUT2D eigenvalue weighted by Crippen LogP contribution is -2.25. The summed E-state index contributed by atoms with van der Waals surface area (Å²) in [6.45, 7) is 1.51. The maximum absolute atomic E-state index is 11.1. The SMILES string of the molecule is O=C(O)/C=C\C(=O)N1CCCC1.